The van der Waals surface area contributed by atoms with Crippen LogP contribution in [0.2, 0.25) is 0 Å². The Morgan fingerprint density at radius 2 is 1.82 bits per heavy atom. The number of rotatable bonds is 9. The van der Waals surface area contributed by atoms with Crippen LogP contribution >= 0.6 is 0 Å². The fraction of sp³-hybridized carbons (Fsp3) is 0.200. The van der Waals surface area contributed by atoms with Crippen LogP contribution in [0.25, 0.3) is 11.1 Å². The Bertz CT molecular complexity index is 1350. The standard InChI is InChI=1S/C21H20FN3O4.C4H4O5/c1-14(17-8-9-18(19(22)12-17)16-6-4-3-5-7-16)21(26)29-11-10-24-15(2)23-13-20(24)25(27)28;5-2(4(8)9)1-3(6)7/h3-9,12-14H,10-11H2,1-2H3;1,5H,(H,6,7)(H,8,9)/b;2-1+/t14-;/m0./s1. The third-order valence-corrected chi connectivity index (χ3v) is 5.19. The van der Waals surface area contributed by atoms with Crippen molar-refractivity contribution >= 4 is 23.7 Å². The van der Waals surface area contributed by atoms with Gasteiger partial charge in [0.2, 0.25) is 5.76 Å². The van der Waals surface area contributed by atoms with Crippen molar-refractivity contribution in [3.05, 3.63) is 93.9 Å². The molecule has 1 heterocycles. The van der Waals surface area contributed by atoms with E-state index in [2.05, 4.69) is 4.98 Å². The minimum atomic E-state index is -1.66. The van der Waals surface area contributed by atoms with Crippen LogP contribution in [0.5, 0.6) is 0 Å². The molecule has 0 radical (unpaired) electrons. The van der Waals surface area contributed by atoms with Crippen LogP contribution in [0.4, 0.5) is 10.2 Å². The summed E-state index contributed by atoms with van der Waals surface area (Å²) in [5.74, 6) is -5.65. The van der Waals surface area contributed by atoms with E-state index in [1.807, 2.05) is 30.3 Å². The first-order valence-electron chi connectivity index (χ1n) is 11.0. The molecule has 0 spiro atoms. The van der Waals surface area contributed by atoms with Crippen molar-refractivity contribution in [3.8, 4) is 11.1 Å². The number of imidazole rings is 1. The number of hydrogen-bond acceptors (Lipinski definition) is 8. The van der Waals surface area contributed by atoms with Crippen molar-refractivity contribution in [3.63, 3.8) is 0 Å². The average molecular weight is 529 g/mol. The van der Waals surface area contributed by atoms with Crippen LogP contribution in [0.1, 0.15) is 24.2 Å². The maximum absolute atomic E-state index is 14.5. The maximum atomic E-state index is 14.5. The first kappa shape index (κ1) is 29.2. The maximum Gasteiger partial charge on any atom is 0.371 e. The number of aliphatic carboxylic acids is 2. The predicted octanol–water partition coefficient (Wildman–Crippen LogP) is 3.85. The fourth-order valence-electron chi connectivity index (χ4n) is 3.21. The van der Waals surface area contributed by atoms with Crippen LogP contribution in [0.3, 0.4) is 0 Å². The number of aliphatic hydroxyl groups excluding tert-OH is 1. The van der Waals surface area contributed by atoms with Crippen LogP contribution in [0.15, 0.2) is 66.6 Å². The summed E-state index contributed by atoms with van der Waals surface area (Å²) in [5, 5.41) is 34.8. The Morgan fingerprint density at radius 3 is 2.34 bits per heavy atom. The smallest absolute Gasteiger partial charge is 0.371 e. The van der Waals surface area contributed by atoms with E-state index in [0.717, 1.165) is 11.8 Å². The highest BCUT2D eigenvalue weighted by atomic mass is 19.1. The molecule has 0 bridgehead atoms. The number of benzene rings is 2. The molecule has 38 heavy (non-hydrogen) atoms. The number of aromatic nitrogens is 2. The molecular formula is C25H24FN3O9. The minimum Gasteiger partial charge on any atom is -0.502 e. The van der Waals surface area contributed by atoms with Gasteiger partial charge in [0.15, 0.2) is 5.82 Å². The molecule has 0 aliphatic rings. The number of carbonyl (C=O) groups excluding carboxylic acids is 1. The van der Waals surface area contributed by atoms with Gasteiger partial charge in [-0.3, -0.25) is 4.79 Å². The molecule has 0 fully saturated rings. The normalized spacial score (nSPS) is 11.6. The number of ether oxygens (including phenoxy) is 1. The summed E-state index contributed by atoms with van der Waals surface area (Å²) >= 11 is 0. The monoisotopic (exact) mass is 529 g/mol. The minimum absolute atomic E-state index is 0.0498. The topological polar surface area (TPSA) is 182 Å². The molecule has 3 rings (SSSR count). The van der Waals surface area contributed by atoms with E-state index in [1.165, 1.54) is 10.6 Å². The zero-order chi connectivity index (χ0) is 28.4. The summed E-state index contributed by atoms with van der Waals surface area (Å²) < 4.78 is 21.1. The zero-order valence-electron chi connectivity index (χ0n) is 20.3. The average Bonchev–Trinajstić information content (AvgIpc) is 3.24. The van der Waals surface area contributed by atoms with Gasteiger partial charge in [-0.25, -0.2) is 23.5 Å². The number of esters is 1. The number of halogens is 1. The Kier molecular flexibility index (Phi) is 10.2. The Balaban J connectivity index is 0.000000484. The van der Waals surface area contributed by atoms with E-state index in [0.29, 0.717) is 17.0 Å². The van der Waals surface area contributed by atoms with E-state index in [-0.39, 0.29) is 25.0 Å². The van der Waals surface area contributed by atoms with Gasteiger partial charge in [0.1, 0.15) is 25.2 Å². The first-order chi connectivity index (χ1) is 17.9. The van der Waals surface area contributed by atoms with Crippen molar-refractivity contribution in [1.29, 1.82) is 0 Å². The third kappa shape index (κ3) is 7.98. The highest BCUT2D eigenvalue weighted by Crippen LogP contribution is 2.26. The van der Waals surface area contributed by atoms with Crippen molar-refractivity contribution in [2.24, 2.45) is 0 Å². The Hall–Kier alpha value is -5.07. The first-order valence-corrected chi connectivity index (χ1v) is 11.0. The van der Waals surface area contributed by atoms with Gasteiger partial charge < -0.3 is 30.2 Å². The van der Waals surface area contributed by atoms with Gasteiger partial charge in [-0.2, -0.15) is 0 Å². The molecule has 0 amide bonds. The van der Waals surface area contributed by atoms with Crippen LogP contribution in [-0.4, -0.2) is 54.3 Å². The Labute approximate surface area is 215 Å². The highest BCUT2D eigenvalue weighted by molar-refractivity contribution is 5.92. The molecule has 200 valence electrons. The van der Waals surface area contributed by atoms with Gasteiger partial charge in [0, 0.05) is 12.5 Å². The predicted molar refractivity (Wildman–Crippen MR) is 131 cm³/mol. The van der Waals surface area contributed by atoms with Crippen molar-refractivity contribution in [1.82, 2.24) is 9.55 Å². The second-order valence-corrected chi connectivity index (χ2v) is 7.74. The largest absolute Gasteiger partial charge is 0.502 e. The van der Waals surface area contributed by atoms with E-state index >= 15 is 0 Å². The summed E-state index contributed by atoms with van der Waals surface area (Å²) in [5.41, 5.74) is 1.71. The number of nitro groups is 1. The quantitative estimate of drug-likeness (QED) is 0.121. The molecule has 0 aliphatic heterocycles. The number of hydrogen-bond donors (Lipinski definition) is 3. The number of carboxylic acids is 2. The number of carboxylic acid groups (broad SMARTS) is 2. The molecule has 3 aromatic rings. The lowest BCUT2D eigenvalue weighted by atomic mass is 9.97. The van der Waals surface area contributed by atoms with Crippen molar-refractivity contribution in [2.75, 3.05) is 6.61 Å². The third-order valence-electron chi connectivity index (χ3n) is 5.19. The summed E-state index contributed by atoms with van der Waals surface area (Å²) in [7, 11) is 0. The number of aryl methyl sites for hydroxylation is 1. The van der Waals surface area contributed by atoms with Gasteiger partial charge in [0.25, 0.3) is 0 Å². The number of aliphatic hydroxyl groups is 1. The van der Waals surface area contributed by atoms with Crippen molar-refractivity contribution in [2.45, 2.75) is 26.3 Å². The van der Waals surface area contributed by atoms with E-state index in [4.69, 9.17) is 20.1 Å². The molecule has 0 saturated carbocycles. The van der Waals surface area contributed by atoms with Crippen molar-refractivity contribution < 1.29 is 43.8 Å². The number of nitrogens with zero attached hydrogens (tertiary/aromatic N) is 3. The highest BCUT2D eigenvalue weighted by Gasteiger charge is 2.21. The van der Waals surface area contributed by atoms with Crippen LogP contribution in [0, 0.1) is 22.9 Å². The summed E-state index contributed by atoms with van der Waals surface area (Å²) in [6.07, 6.45) is 1.36. The molecular weight excluding hydrogens is 505 g/mol. The Morgan fingerprint density at radius 1 is 1.16 bits per heavy atom. The van der Waals surface area contributed by atoms with Gasteiger partial charge in [-0.15, -0.1) is 0 Å². The summed E-state index contributed by atoms with van der Waals surface area (Å²) in [4.78, 5) is 46.0. The fourth-order valence-corrected chi connectivity index (χ4v) is 3.21. The molecule has 12 nitrogen and oxygen atoms in total. The lowest BCUT2D eigenvalue weighted by molar-refractivity contribution is -0.392. The SMILES string of the molecule is Cc1ncc([N+](=O)[O-])n1CCOC(=O)[C@@H](C)c1ccc(-c2ccccc2)c(F)c1.O=C(O)/C=C(/O)C(=O)O. The molecule has 0 saturated heterocycles. The molecule has 13 heteroatoms. The van der Waals surface area contributed by atoms with Crippen LogP contribution in [-0.2, 0) is 25.7 Å². The molecule has 1 atom stereocenters. The summed E-state index contributed by atoms with van der Waals surface area (Å²) in [6.45, 7) is 3.33. The molecule has 0 aliphatic carbocycles. The van der Waals surface area contributed by atoms with Gasteiger partial charge in [-0.1, -0.05) is 42.5 Å². The second-order valence-electron chi connectivity index (χ2n) is 7.74. The van der Waals surface area contributed by atoms with E-state index in [9.17, 15) is 28.9 Å². The molecule has 1 aromatic heterocycles. The lowest BCUT2D eigenvalue weighted by Gasteiger charge is -2.13. The lowest BCUT2D eigenvalue weighted by Crippen LogP contribution is -2.17. The zero-order valence-corrected chi connectivity index (χ0v) is 20.3. The van der Waals surface area contributed by atoms with Gasteiger partial charge in [0.05, 0.1) is 12.0 Å². The van der Waals surface area contributed by atoms with E-state index < -0.39 is 40.3 Å². The molecule has 0 unspecified atom stereocenters. The molecule has 3 N–H and O–H groups in total. The van der Waals surface area contributed by atoms with Gasteiger partial charge in [-0.05, 0) is 29.0 Å². The van der Waals surface area contributed by atoms with Gasteiger partial charge >= 0.3 is 23.7 Å². The second kappa shape index (κ2) is 13.3. The number of carbonyl (C=O) groups is 3. The van der Waals surface area contributed by atoms with E-state index in [1.54, 1.807) is 26.0 Å². The summed E-state index contributed by atoms with van der Waals surface area (Å²) in [6, 6.07) is 13.8. The molecule has 2 aromatic carbocycles. The van der Waals surface area contributed by atoms with Crippen LogP contribution < -0.4 is 0 Å².